The van der Waals surface area contributed by atoms with Crippen LogP contribution >= 0.6 is 0 Å². The molecular weight excluding hydrogens is 204 g/mol. The van der Waals surface area contributed by atoms with Gasteiger partial charge in [-0.2, -0.15) is 0 Å². The molecule has 0 bridgehead atoms. The van der Waals surface area contributed by atoms with Gasteiger partial charge in [-0.05, 0) is 17.7 Å². The molecule has 16 heavy (non-hydrogen) atoms. The zero-order chi connectivity index (χ0) is 11.4. The molecule has 84 valence electrons. The van der Waals surface area contributed by atoms with Gasteiger partial charge in [0.1, 0.15) is 6.10 Å². The average Bonchev–Trinajstić information content (AvgIpc) is 2.39. The normalized spacial score (nSPS) is 19.2. The molecule has 1 aromatic rings. The minimum Gasteiger partial charge on any atom is -0.490 e. The van der Waals surface area contributed by atoms with Crippen molar-refractivity contribution in [1.29, 1.82) is 0 Å². The highest BCUT2D eigenvalue weighted by Gasteiger charge is 2.19. The van der Waals surface area contributed by atoms with E-state index in [2.05, 4.69) is 0 Å². The lowest BCUT2D eigenvalue weighted by molar-refractivity contribution is 0.00993. The monoisotopic (exact) mass is 218 g/mol. The van der Waals surface area contributed by atoms with E-state index in [0.29, 0.717) is 11.7 Å². The average molecular weight is 218 g/mol. The van der Waals surface area contributed by atoms with Gasteiger partial charge in [0.25, 0.3) is 0 Å². The maximum Gasteiger partial charge on any atom is 0.324 e. The second-order valence-corrected chi connectivity index (χ2v) is 3.37. The molecule has 0 N–H and O–H groups in total. The topological polar surface area (TPSA) is 27.7 Å². The van der Waals surface area contributed by atoms with Gasteiger partial charge >= 0.3 is 5.95 Å². The van der Waals surface area contributed by atoms with Crippen molar-refractivity contribution < 1.29 is 14.2 Å². The van der Waals surface area contributed by atoms with E-state index in [1.807, 2.05) is 42.5 Å². The zero-order valence-electron chi connectivity index (χ0n) is 9.34. The van der Waals surface area contributed by atoms with E-state index in [9.17, 15) is 0 Å². The Morgan fingerprint density at radius 1 is 1.06 bits per heavy atom. The van der Waals surface area contributed by atoms with Gasteiger partial charge in [-0.15, -0.1) is 0 Å². The number of hydrogen-bond donors (Lipinski definition) is 0. The molecule has 0 radical (unpaired) electrons. The Morgan fingerprint density at radius 3 is 2.44 bits per heavy atom. The molecule has 0 aromatic heterocycles. The van der Waals surface area contributed by atoms with Crippen molar-refractivity contribution in [3.63, 3.8) is 0 Å². The van der Waals surface area contributed by atoms with Crippen molar-refractivity contribution in [3.05, 3.63) is 59.8 Å². The smallest absolute Gasteiger partial charge is 0.324 e. The van der Waals surface area contributed by atoms with Gasteiger partial charge in [-0.3, -0.25) is 0 Å². The summed E-state index contributed by atoms with van der Waals surface area (Å²) in [6, 6.07) is 9.97. The fourth-order valence-electron chi connectivity index (χ4n) is 1.58. The number of methoxy groups -OCH3 is 2. The third-order valence-corrected chi connectivity index (χ3v) is 2.39. The van der Waals surface area contributed by atoms with Gasteiger partial charge in [-0.25, -0.2) is 0 Å². The van der Waals surface area contributed by atoms with Crippen LogP contribution in [0.2, 0.25) is 0 Å². The summed E-state index contributed by atoms with van der Waals surface area (Å²) in [6.45, 7) is 0. The van der Waals surface area contributed by atoms with Crippen LogP contribution in [0.3, 0.4) is 0 Å². The highest BCUT2D eigenvalue weighted by atomic mass is 16.7. The van der Waals surface area contributed by atoms with Crippen molar-refractivity contribution >= 4 is 0 Å². The fourth-order valence-corrected chi connectivity index (χ4v) is 1.58. The minimum atomic E-state index is -0.116. The van der Waals surface area contributed by atoms with Gasteiger partial charge in [0.2, 0.25) is 0 Å². The number of allylic oxidation sites excluding steroid dienone is 1. The van der Waals surface area contributed by atoms with Gasteiger partial charge < -0.3 is 14.2 Å². The van der Waals surface area contributed by atoms with E-state index >= 15 is 0 Å². The maximum absolute atomic E-state index is 5.67. The summed E-state index contributed by atoms with van der Waals surface area (Å²) in [5, 5.41) is 0. The van der Waals surface area contributed by atoms with Crippen LogP contribution in [0.1, 0.15) is 11.7 Å². The van der Waals surface area contributed by atoms with Gasteiger partial charge in [0, 0.05) is 0 Å². The third kappa shape index (κ3) is 2.03. The largest absolute Gasteiger partial charge is 0.490 e. The van der Waals surface area contributed by atoms with Crippen molar-refractivity contribution in [2.24, 2.45) is 0 Å². The Hall–Kier alpha value is -1.90. The van der Waals surface area contributed by atoms with Gasteiger partial charge in [-0.1, -0.05) is 30.3 Å². The fraction of sp³-hybridized carbons (Fsp3) is 0.231. The first-order chi connectivity index (χ1) is 7.85. The van der Waals surface area contributed by atoms with Crippen molar-refractivity contribution in [1.82, 2.24) is 0 Å². The SMILES string of the molecule is COC1=C(OC)OC(c2ccccc2)C=C1. The molecular formula is C13H14O3. The lowest BCUT2D eigenvalue weighted by Gasteiger charge is -2.22. The van der Waals surface area contributed by atoms with Crippen LogP contribution in [0.5, 0.6) is 0 Å². The van der Waals surface area contributed by atoms with Crippen LogP contribution in [0.15, 0.2) is 54.2 Å². The molecule has 3 nitrogen and oxygen atoms in total. The number of ether oxygens (including phenoxy) is 3. The Morgan fingerprint density at radius 2 is 1.81 bits per heavy atom. The highest BCUT2D eigenvalue weighted by molar-refractivity contribution is 5.27. The number of rotatable bonds is 3. The molecule has 1 aliphatic rings. The lowest BCUT2D eigenvalue weighted by atomic mass is 10.1. The van der Waals surface area contributed by atoms with Crippen LogP contribution < -0.4 is 0 Å². The molecule has 1 heterocycles. The van der Waals surface area contributed by atoms with E-state index in [4.69, 9.17) is 14.2 Å². The first-order valence-electron chi connectivity index (χ1n) is 5.07. The lowest BCUT2D eigenvalue weighted by Crippen LogP contribution is -2.10. The van der Waals surface area contributed by atoms with Crippen LogP contribution in [0, 0.1) is 0 Å². The quantitative estimate of drug-likeness (QED) is 0.780. The molecule has 1 aliphatic heterocycles. The predicted molar refractivity (Wildman–Crippen MR) is 60.5 cm³/mol. The second kappa shape index (κ2) is 4.75. The molecule has 0 aliphatic carbocycles. The Bertz CT molecular complexity index is 406. The van der Waals surface area contributed by atoms with Crippen LogP contribution in [-0.4, -0.2) is 14.2 Å². The summed E-state index contributed by atoms with van der Waals surface area (Å²) in [4.78, 5) is 0. The zero-order valence-corrected chi connectivity index (χ0v) is 9.34. The van der Waals surface area contributed by atoms with Gasteiger partial charge in [0.15, 0.2) is 5.76 Å². The predicted octanol–water partition coefficient (Wildman–Crippen LogP) is 2.78. The second-order valence-electron chi connectivity index (χ2n) is 3.37. The van der Waals surface area contributed by atoms with Gasteiger partial charge in [0.05, 0.1) is 14.2 Å². The molecule has 0 spiro atoms. The van der Waals surface area contributed by atoms with Crippen LogP contribution in [0.25, 0.3) is 0 Å². The molecule has 1 atom stereocenters. The summed E-state index contributed by atoms with van der Waals surface area (Å²) < 4.78 is 15.9. The number of hydrogen-bond acceptors (Lipinski definition) is 3. The molecule has 2 rings (SSSR count). The molecule has 3 heteroatoms. The highest BCUT2D eigenvalue weighted by Crippen LogP contribution is 2.28. The van der Waals surface area contributed by atoms with E-state index in [1.165, 1.54) is 0 Å². The standard InChI is InChI=1S/C13H14O3/c1-14-12-9-8-11(16-13(12)15-2)10-6-4-3-5-7-10/h3-9,11H,1-2H3. The molecule has 1 aromatic carbocycles. The summed E-state index contributed by atoms with van der Waals surface area (Å²) >= 11 is 0. The third-order valence-electron chi connectivity index (χ3n) is 2.39. The maximum atomic E-state index is 5.67. The van der Waals surface area contributed by atoms with E-state index in [0.717, 1.165) is 5.56 Å². The van der Waals surface area contributed by atoms with Crippen molar-refractivity contribution in [3.8, 4) is 0 Å². The molecule has 0 saturated carbocycles. The van der Waals surface area contributed by atoms with Crippen LogP contribution in [-0.2, 0) is 14.2 Å². The molecule has 0 amide bonds. The Balaban J connectivity index is 2.20. The number of benzene rings is 1. The molecule has 0 fully saturated rings. The minimum absolute atomic E-state index is 0.116. The van der Waals surface area contributed by atoms with E-state index < -0.39 is 0 Å². The first-order valence-corrected chi connectivity index (χ1v) is 5.07. The molecule has 0 saturated heterocycles. The van der Waals surface area contributed by atoms with Crippen molar-refractivity contribution in [2.75, 3.05) is 14.2 Å². The summed E-state index contributed by atoms with van der Waals surface area (Å²) in [6.07, 6.45) is 3.69. The Kier molecular flexibility index (Phi) is 3.15. The summed E-state index contributed by atoms with van der Waals surface area (Å²) in [5.74, 6) is 1.02. The first kappa shape index (κ1) is 10.6. The van der Waals surface area contributed by atoms with E-state index in [-0.39, 0.29) is 6.10 Å². The van der Waals surface area contributed by atoms with E-state index in [1.54, 1.807) is 14.2 Å². The molecule has 1 unspecified atom stereocenters. The summed E-state index contributed by atoms with van der Waals surface area (Å²) in [7, 11) is 3.15. The van der Waals surface area contributed by atoms with Crippen LogP contribution in [0.4, 0.5) is 0 Å². The summed E-state index contributed by atoms with van der Waals surface area (Å²) in [5.41, 5.74) is 1.09. The Labute approximate surface area is 94.9 Å². The van der Waals surface area contributed by atoms with Crippen molar-refractivity contribution in [2.45, 2.75) is 6.10 Å².